The number of nitrogens with one attached hydrogen (secondary N) is 1. The molecule has 162 valence electrons. The van der Waals surface area contributed by atoms with Gasteiger partial charge in [0.15, 0.2) is 17.3 Å². The van der Waals surface area contributed by atoms with E-state index in [1.54, 1.807) is 4.68 Å². The van der Waals surface area contributed by atoms with Crippen molar-refractivity contribution < 1.29 is 13.9 Å². The molecule has 2 aromatic heterocycles. The number of benzene rings is 2. The SMILES string of the molecule is CCc1c(C(=O)Nc2ccc(Oc3ccnc(N)c3Cl)c(F)c2)cnn1-c1ccccc1. The number of para-hydroxylation sites is 1. The van der Waals surface area contributed by atoms with Gasteiger partial charge in [-0.25, -0.2) is 14.1 Å². The molecule has 1 amide bonds. The van der Waals surface area contributed by atoms with E-state index in [-0.39, 0.29) is 33.9 Å². The molecule has 0 aliphatic rings. The number of nitrogens with zero attached hydrogens (tertiary/aromatic N) is 3. The Morgan fingerprint density at radius 2 is 1.97 bits per heavy atom. The lowest BCUT2D eigenvalue weighted by molar-refractivity contribution is 0.102. The molecule has 0 aliphatic heterocycles. The van der Waals surface area contributed by atoms with Crippen molar-refractivity contribution in [1.29, 1.82) is 0 Å². The zero-order valence-corrected chi connectivity index (χ0v) is 17.8. The molecule has 2 heterocycles. The number of rotatable bonds is 6. The Hall–Kier alpha value is -3.91. The van der Waals surface area contributed by atoms with Crippen LogP contribution in [0.2, 0.25) is 5.02 Å². The largest absolute Gasteiger partial charge is 0.453 e. The summed E-state index contributed by atoms with van der Waals surface area (Å²) in [6, 6.07) is 15.1. The molecule has 32 heavy (non-hydrogen) atoms. The van der Waals surface area contributed by atoms with Gasteiger partial charge in [-0.2, -0.15) is 5.10 Å². The minimum atomic E-state index is -0.676. The summed E-state index contributed by atoms with van der Waals surface area (Å²) in [5, 5.41) is 7.14. The van der Waals surface area contributed by atoms with Gasteiger partial charge in [0.1, 0.15) is 10.8 Å². The van der Waals surface area contributed by atoms with Crippen LogP contribution < -0.4 is 15.8 Å². The molecular formula is C23H19ClFN5O2. The Balaban J connectivity index is 1.54. The smallest absolute Gasteiger partial charge is 0.259 e. The average Bonchev–Trinajstić information content (AvgIpc) is 3.23. The van der Waals surface area contributed by atoms with Gasteiger partial charge in [-0.3, -0.25) is 4.79 Å². The number of carbonyl (C=O) groups is 1. The van der Waals surface area contributed by atoms with Crippen LogP contribution in [-0.2, 0) is 6.42 Å². The Morgan fingerprint density at radius 3 is 2.69 bits per heavy atom. The van der Waals surface area contributed by atoms with Crippen molar-refractivity contribution in [2.75, 3.05) is 11.1 Å². The van der Waals surface area contributed by atoms with E-state index in [0.29, 0.717) is 12.0 Å². The van der Waals surface area contributed by atoms with Crippen LogP contribution in [0.3, 0.4) is 0 Å². The highest BCUT2D eigenvalue weighted by atomic mass is 35.5. The molecule has 9 heteroatoms. The van der Waals surface area contributed by atoms with E-state index in [4.69, 9.17) is 22.1 Å². The van der Waals surface area contributed by atoms with Crippen molar-refractivity contribution in [3.8, 4) is 17.2 Å². The van der Waals surface area contributed by atoms with Gasteiger partial charge in [-0.1, -0.05) is 36.7 Å². The third-order valence-electron chi connectivity index (χ3n) is 4.74. The summed E-state index contributed by atoms with van der Waals surface area (Å²) < 4.78 is 21.8. The summed E-state index contributed by atoms with van der Waals surface area (Å²) in [5.74, 6) is -0.874. The van der Waals surface area contributed by atoms with Gasteiger partial charge in [-0.15, -0.1) is 0 Å². The van der Waals surface area contributed by atoms with Gasteiger partial charge in [0.25, 0.3) is 5.91 Å². The number of pyridine rings is 1. The van der Waals surface area contributed by atoms with Crippen molar-refractivity contribution >= 4 is 29.0 Å². The molecule has 0 bridgehead atoms. The van der Waals surface area contributed by atoms with Crippen molar-refractivity contribution in [2.45, 2.75) is 13.3 Å². The first-order valence-corrected chi connectivity index (χ1v) is 10.2. The number of nitrogens with two attached hydrogens (primary N) is 1. The van der Waals surface area contributed by atoms with Crippen LogP contribution in [0.25, 0.3) is 5.69 Å². The molecule has 0 atom stereocenters. The van der Waals surface area contributed by atoms with E-state index in [1.807, 2.05) is 37.3 Å². The van der Waals surface area contributed by atoms with Gasteiger partial charge in [0.05, 0.1) is 23.1 Å². The van der Waals surface area contributed by atoms with E-state index in [0.717, 1.165) is 11.4 Å². The highest BCUT2D eigenvalue weighted by Gasteiger charge is 2.18. The number of amides is 1. The molecular weight excluding hydrogens is 433 g/mol. The van der Waals surface area contributed by atoms with Crippen LogP contribution in [0.15, 0.2) is 67.0 Å². The zero-order chi connectivity index (χ0) is 22.7. The Labute approximate surface area is 188 Å². The number of halogens is 2. The second-order valence-electron chi connectivity index (χ2n) is 6.82. The second-order valence-corrected chi connectivity index (χ2v) is 7.19. The summed E-state index contributed by atoms with van der Waals surface area (Å²) in [6.07, 6.45) is 3.50. The first-order chi connectivity index (χ1) is 15.5. The van der Waals surface area contributed by atoms with Gasteiger partial charge >= 0.3 is 0 Å². The first kappa shape index (κ1) is 21.3. The lowest BCUT2D eigenvalue weighted by Gasteiger charge is -2.11. The summed E-state index contributed by atoms with van der Waals surface area (Å²) in [7, 11) is 0. The zero-order valence-electron chi connectivity index (χ0n) is 17.0. The summed E-state index contributed by atoms with van der Waals surface area (Å²) in [4.78, 5) is 16.7. The Bertz CT molecular complexity index is 1280. The van der Waals surface area contributed by atoms with Crippen molar-refractivity contribution in [1.82, 2.24) is 14.8 Å². The molecule has 0 spiro atoms. The molecule has 4 aromatic rings. The predicted molar refractivity (Wildman–Crippen MR) is 121 cm³/mol. The average molecular weight is 452 g/mol. The second kappa shape index (κ2) is 9.07. The number of anilines is 2. The van der Waals surface area contributed by atoms with E-state index in [1.165, 1.54) is 36.7 Å². The van der Waals surface area contributed by atoms with E-state index in [9.17, 15) is 9.18 Å². The number of hydrogen-bond donors (Lipinski definition) is 2. The molecule has 0 saturated carbocycles. The molecule has 3 N–H and O–H groups in total. The summed E-state index contributed by atoms with van der Waals surface area (Å²) in [6.45, 7) is 1.94. The molecule has 0 radical (unpaired) electrons. The van der Waals surface area contributed by atoms with Crippen LogP contribution in [0, 0.1) is 5.82 Å². The van der Waals surface area contributed by atoms with Crippen LogP contribution in [0.5, 0.6) is 11.5 Å². The number of carbonyl (C=O) groups excluding carboxylic acids is 1. The highest BCUT2D eigenvalue weighted by molar-refractivity contribution is 6.34. The number of ether oxygens (including phenoxy) is 1. The monoisotopic (exact) mass is 451 g/mol. The Morgan fingerprint density at radius 1 is 1.19 bits per heavy atom. The highest BCUT2D eigenvalue weighted by Crippen LogP contribution is 2.34. The van der Waals surface area contributed by atoms with E-state index >= 15 is 0 Å². The van der Waals surface area contributed by atoms with Gasteiger partial charge in [0.2, 0.25) is 0 Å². The van der Waals surface area contributed by atoms with Crippen LogP contribution >= 0.6 is 11.6 Å². The van der Waals surface area contributed by atoms with Gasteiger partial charge < -0.3 is 15.8 Å². The normalized spacial score (nSPS) is 10.7. The maximum Gasteiger partial charge on any atom is 0.259 e. The van der Waals surface area contributed by atoms with Crippen molar-refractivity contribution in [2.24, 2.45) is 0 Å². The maximum atomic E-state index is 14.6. The fourth-order valence-corrected chi connectivity index (χ4v) is 3.34. The number of hydrogen-bond acceptors (Lipinski definition) is 5. The van der Waals surface area contributed by atoms with Crippen LogP contribution in [-0.4, -0.2) is 20.7 Å². The summed E-state index contributed by atoms with van der Waals surface area (Å²) in [5.41, 5.74) is 7.93. The van der Waals surface area contributed by atoms with Crippen molar-refractivity contribution in [3.05, 3.63) is 89.1 Å². The third kappa shape index (κ3) is 4.26. The lowest BCUT2D eigenvalue weighted by atomic mass is 10.1. The molecule has 0 saturated heterocycles. The molecule has 0 unspecified atom stereocenters. The topological polar surface area (TPSA) is 95.1 Å². The quantitative estimate of drug-likeness (QED) is 0.417. The van der Waals surface area contributed by atoms with E-state index < -0.39 is 5.82 Å². The predicted octanol–water partition coefficient (Wildman–Crippen LogP) is 5.25. The van der Waals surface area contributed by atoms with Gasteiger partial charge in [0, 0.05) is 24.0 Å². The fourth-order valence-electron chi connectivity index (χ4n) is 3.19. The standard InChI is InChI=1S/C23H19ClFN5O2/c1-2-18-16(13-28-30(18)15-6-4-3-5-7-15)23(31)29-14-8-9-19(17(25)12-14)32-20-10-11-27-22(26)21(20)24/h3-13H,2H2,1H3,(H2,26,27)(H,29,31). The van der Waals surface area contributed by atoms with Crippen molar-refractivity contribution in [3.63, 3.8) is 0 Å². The first-order valence-electron chi connectivity index (χ1n) is 9.79. The molecule has 0 aliphatic carbocycles. The number of nitrogen functional groups attached to an aromatic ring is 1. The molecule has 4 rings (SSSR count). The van der Waals surface area contributed by atoms with E-state index in [2.05, 4.69) is 15.4 Å². The summed E-state index contributed by atoms with van der Waals surface area (Å²) >= 11 is 6.04. The van der Waals surface area contributed by atoms with Crippen LogP contribution in [0.4, 0.5) is 15.9 Å². The van der Waals surface area contributed by atoms with Crippen LogP contribution in [0.1, 0.15) is 23.0 Å². The molecule has 0 fully saturated rings. The minimum absolute atomic E-state index is 0.0679. The van der Waals surface area contributed by atoms with Gasteiger partial charge in [-0.05, 0) is 30.7 Å². The maximum absolute atomic E-state index is 14.6. The fraction of sp³-hybridized carbons (Fsp3) is 0.0870. The molecule has 7 nitrogen and oxygen atoms in total. The Kier molecular flexibility index (Phi) is 6.04. The number of aromatic nitrogens is 3. The lowest BCUT2D eigenvalue weighted by Crippen LogP contribution is -2.14. The molecule has 2 aromatic carbocycles. The minimum Gasteiger partial charge on any atom is -0.453 e. The third-order valence-corrected chi connectivity index (χ3v) is 5.12.